The number of fused-ring (bicyclic) bond motifs is 1. The second-order valence-electron chi connectivity index (χ2n) is 6.51. The molecule has 5 nitrogen and oxygen atoms in total. The summed E-state index contributed by atoms with van der Waals surface area (Å²) in [5.74, 6) is 1.38. The highest BCUT2D eigenvalue weighted by Gasteiger charge is 2.15. The van der Waals surface area contributed by atoms with Crippen LogP contribution in [-0.4, -0.2) is 27.7 Å². The summed E-state index contributed by atoms with van der Waals surface area (Å²) >= 11 is 12.2. The Kier molecular flexibility index (Phi) is 5.51. The fourth-order valence-electron chi connectivity index (χ4n) is 2.49. The van der Waals surface area contributed by atoms with Crippen LogP contribution in [0.3, 0.4) is 0 Å². The second-order valence-corrected chi connectivity index (χ2v) is 7.38. The van der Waals surface area contributed by atoms with Crippen LogP contribution in [0.2, 0.25) is 10.0 Å². The number of rotatable bonds is 5. The van der Waals surface area contributed by atoms with Gasteiger partial charge in [0, 0.05) is 28.0 Å². The summed E-state index contributed by atoms with van der Waals surface area (Å²) in [6.07, 6.45) is 0. The number of phenols is 1. The molecule has 0 aliphatic carbocycles. The zero-order valence-corrected chi connectivity index (χ0v) is 16.0. The SMILES string of the molecule is CC(C)[C@H](N)CNc1nc(-c2cc(Cl)ccc2O)nc2ccc(Cl)cc12. The molecular weight excluding hydrogens is 371 g/mol. The molecule has 1 aromatic heterocycles. The van der Waals surface area contributed by atoms with Crippen molar-refractivity contribution in [2.45, 2.75) is 19.9 Å². The first-order valence-electron chi connectivity index (χ1n) is 8.31. The normalized spacial score (nSPS) is 12.5. The molecule has 0 amide bonds. The minimum Gasteiger partial charge on any atom is -0.507 e. The number of nitrogens with two attached hydrogens (primary N) is 1. The molecular formula is C19H20Cl2N4O. The van der Waals surface area contributed by atoms with Gasteiger partial charge in [0.05, 0.1) is 11.1 Å². The predicted octanol–water partition coefficient (Wildman–Crippen LogP) is 4.70. The number of hydrogen-bond donors (Lipinski definition) is 3. The standard InChI is InChI=1S/C19H20Cl2N4O/c1-10(2)15(22)9-23-18-13-7-11(20)3-5-16(13)24-19(25-18)14-8-12(21)4-6-17(14)26/h3-8,10,15,26H,9,22H2,1-2H3,(H,23,24,25)/t15-/m1/s1. The molecule has 4 N–H and O–H groups in total. The van der Waals surface area contributed by atoms with Gasteiger partial charge in [-0.15, -0.1) is 0 Å². The Labute approximate surface area is 162 Å². The number of benzene rings is 2. The highest BCUT2D eigenvalue weighted by atomic mass is 35.5. The zero-order chi connectivity index (χ0) is 18.8. The maximum Gasteiger partial charge on any atom is 0.165 e. The largest absolute Gasteiger partial charge is 0.507 e. The van der Waals surface area contributed by atoms with Gasteiger partial charge in [-0.05, 0) is 42.3 Å². The summed E-state index contributed by atoms with van der Waals surface area (Å²) in [5.41, 5.74) is 7.31. The smallest absolute Gasteiger partial charge is 0.165 e. The molecule has 2 aromatic carbocycles. The molecule has 0 aliphatic heterocycles. The lowest BCUT2D eigenvalue weighted by atomic mass is 10.1. The molecule has 0 aliphatic rings. The summed E-state index contributed by atoms with van der Waals surface area (Å²) in [7, 11) is 0. The lowest BCUT2D eigenvalue weighted by Crippen LogP contribution is -2.34. The van der Waals surface area contributed by atoms with Crippen molar-refractivity contribution >= 4 is 39.9 Å². The molecule has 0 saturated heterocycles. The van der Waals surface area contributed by atoms with Crippen LogP contribution in [0.4, 0.5) is 5.82 Å². The van der Waals surface area contributed by atoms with Crippen LogP contribution in [0, 0.1) is 5.92 Å². The van der Waals surface area contributed by atoms with E-state index in [0.717, 1.165) is 5.39 Å². The van der Waals surface area contributed by atoms with Crippen molar-refractivity contribution in [1.29, 1.82) is 0 Å². The third-order valence-electron chi connectivity index (χ3n) is 4.22. The molecule has 3 aromatic rings. The monoisotopic (exact) mass is 390 g/mol. The van der Waals surface area contributed by atoms with Crippen molar-refractivity contribution in [3.05, 3.63) is 46.4 Å². The summed E-state index contributed by atoms with van der Waals surface area (Å²) in [5, 5.41) is 15.4. The van der Waals surface area contributed by atoms with Gasteiger partial charge in [0.25, 0.3) is 0 Å². The second kappa shape index (κ2) is 7.66. The number of hydrogen-bond acceptors (Lipinski definition) is 5. The van der Waals surface area contributed by atoms with E-state index in [1.165, 1.54) is 6.07 Å². The van der Waals surface area contributed by atoms with Crippen molar-refractivity contribution in [2.24, 2.45) is 11.7 Å². The van der Waals surface area contributed by atoms with Crippen molar-refractivity contribution in [2.75, 3.05) is 11.9 Å². The van der Waals surface area contributed by atoms with Crippen LogP contribution in [0.1, 0.15) is 13.8 Å². The zero-order valence-electron chi connectivity index (χ0n) is 14.5. The van der Waals surface area contributed by atoms with E-state index in [1.54, 1.807) is 18.2 Å². The van der Waals surface area contributed by atoms with Gasteiger partial charge in [-0.25, -0.2) is 9.97 Å². The summed E-state index contributed by atoms with van der Waals surface area (Å²) in [4.78, 5) is 9.14. The first kappa shape index (κ1) is 18.7. The molecule has 3 rings (SSSR count). The highest BCUT2D eigenvalue weighted by molar-refractivity contribution is 6.31. The van der Waals surface area contributed by atoms with Crippen molar-refractivity contribution in [3.63, 3.8) is 0 Å². The average molecular weight is 391 g/mol. The molecule has 0 spiro atoms. The van der Waals surface area contributed by atoms with Gasteiger partial charge in [0.2, 0.25) is 0 Å². The molecule has 0 unspecified atom stereocenters. The van der Waals surface area contributed by atoms with Crippen molar-refractivity contribution < 1.29 is 5.11 Å². The number of phenolic OH excluding ortho intramolecular Hbond substituents is 1. The van der Waals surface area contributed by atoms with Gasteiger partial charge in [-0.2, -0.15) is 0 Å². The number of nitrogens with zero attached hydrogens (tertiary/aromatic N) is 2. The first-order chi connectivity index (χ1) is 12.3. The maximum absolute atomic E-state index is 10.2. The minimum atomic E-state index is -0.0257. The lowest BCUT2D eigenvalue weighted by molar-refractivity contribution is 0.477. The summed E-state index contributed by atoms with van der Waals surface area (Å²) < 4.78 is 0. The number of nitrogens with one attached hydrogen (secondary N) is 1. The van der Waals surface area contributed by atoms with Gasteiger partial charge >= 0.3 is 0 Å². The number of aromatic nitrogens is 2. The van der Waals surface area contributed by atoms with E-state index in [0.29, 0.717) is 45.2 Å². The third kappa shape index (κ3) is 4.01. The number of aromatic hydroxyl groups is 1. The molecule has 0 fully saturated rings. The van der Waals surface area contributed by atoms with E-state index in [1.807, 2.05) is 12.1 Å². The summed E-state index contributed by atoms with van der Waals surface area (Å²) in [6.45, 7) is 4.69. The van der Waals surface area contributed by atoms with Gasteiger partial charge in [0.15, 0.2) is 5.82 Å². The average Bonchev–Trinajstić information content (AvgIpc) is 2.61. The van der Waals surface area contributed by atoms with Gasteiger partial charge in [-0.3, -0.25) is 0 Å². The van der Waals surface area contributed by atoms with Crippen LogP contribution in [0.15, 0.2) is 36.4 Å². The Balaban J connectivity index is 2.11. The quantitative estimate of drug-likeness (QED) is 0.587. The van der Waals surface area contributed by atoms with E-state index < -0.39 is 0 Å². The molecule has 1 atom stereocenters. The van der Waals surface area contributed by atoms with Crippen molar-refractivity contribution in [3.8, 4) is 17.1 Å². The van der Waals surface area contributed by atoms with E-state index in [4.69, 9.17) is 28.9 Å². The van der Waals surface area contributed by atoms with Crippen LogP contribution < -0.4 is 11.1 Å². The molecule has 1 heterocycles. The Bertz CT molecular complexity index is 946. The van der Waals surface area contributed by atoms with Gasteiger partial charge in [-0.1, -0.05) is 37.0 Å². The minimum absolute atomic E-state index is 0.0257. The molecule has 0 radical (unpaired) electrons. The Morgan fingerprint density at radius 1 is 1.08 bits per heavy atom. The van der Waals surface area contributed by atoms with Crippen LogP contribution >= 0.6 is 23.2 Å². The van der Waals surface area contributed by atoms with E-state index in [-0.39, 0.29) is 11.8 Å². The fraction of sp³-hybridized carbons (Fsp3) is 0.263. The van der Waals surface area contributed by atoms with Crippen LogP contribution in [0.5, 0.6) is 5.75 Å². The number of anilines is 1. The predicted molar refractivity (Wildman–Crippen MR) is 108 cm³/mol. The third-order valence-corrected chi connectivity index (χ3v) is 4.69. The molecule has 7 heteroatoms. The number of halogens is 2. The van der Waals surface area contributed by atoms with Gasteiger partial charge in [0.1, 0.15) is 11.6 Å². The first-order valence-corrected chi connectivity index (χ1v) is 9.06. The van der Waals surface area contributed by atoms with Crippen LogP contribution in [-0.2, 0) is 0 Å². The molecule has 0 saturated carbocycles. The Morgan fingerprint density at radius 2 is 1.77 bits per heavy atom. The topological polar surface area (TPSA) is 84.1 Å². The van der Waals surface area contributed by atoms with Crippen molar-refractivity contribution in [1.82, 2.24) is 9.97 Å². The van der Waals surface area contributed by atoms with Crippen LogP contribution in [0.25, 0.3) is 22.3 Å². The maximum atomic E-state index is 10.2. The highest BCUT2D eigenvalue weighted by Crippen LogP contribution is 2.33. The molecule has 26 heavy (non-hydrogen) atoms. The van der Waals surface area contributed by atoms with Gasteiger partial charge < -0.3 is 16.2 Å². The lowest BCUT2D eigenvalue weighted by Gasteiger charge is -2.18. The summed E-state index contributed by atoms with van der Waals surface area (Å²) in [6, 6.07) is 10.1. The van der Waals surface area contributed by atoms with E-state index in [2.05, 4.69) is 29.1 Å². The molecule has 136 valence electrons. The Morgan fingerprint density at radius 3 is 2.50 bits per heavy atom. The fourth-order valence-corrected chi connectivity index (χ4v) is 2.84. The van der Waals surface area contributed by atoms with E-state index in [9.17, 15) is 5.11 Å². The Hall–Kier alpha value is -2.08. The van der Waals surface area contributed by atoms with E-state index >= 15 is 0 Å². The molecule has 0 bridgehead atoms.